The quantitative estimate of drug-likeness (QED) is 0.682. The Morgan fingerprint density at radius 2 is 1.86 bits per heavy atom. The number of hydrogen-bond acceptors (Lipinski definition) is 6. The lowest BCUT2D eigenvalue weighted by Gasteiger charge is -2.31. The Morgan fingerprint density at radius 3 is 2.52 bits per heavy atom. The van der Waals surface area contributed by atoms with E-state index >= 15 is 0 Å². The molecule has 1 aliphatic rings. The number of hydrogen-bond donors (Lipinski definition) is 1. The lowest BCUT2D eigenvalue weighted by atomic mass is 10.1. The van der Waals surface area contributed by atoms with Crippen molar-refractivity contribution in [2.45, 2.75) is 23.8 Å². The molecule has 10 heteroatoms. The molecule has 1 fully saturated rings. The zero-order chi connectivity index (χ0) is 20.4. The van der Waals surface area contributed by atoms with Gasteiger partial charge in [-0.15, -0.1) is 0 Å². The Hall–Kier alpha value is -2.98. The fourth-order valence-corrected chi connectivity index (χ4v) is 4.48. The van der Waals surface area contributed by atoms with Crippen LogP contribution in [0.1, 0.15) is 23.3 Å². The summed E-state index contributed by atoms with van der Waals surface area (Å²) in [6.45, 7) is 0.747. The van der Waals surface area contributed by atoms with E-state index in [-0.39, 0.29) is 22.5 Å². The summed E-state index contributed by atoms with van der Waals surface area (Å²) in [6, 6.07) is 9.25. The number of carbonyl (C=O) groups is 1. The molecule has 1 saturated heterocycles. The Kier molecular flexibility index (Phi) is 5.20. The maximum Gasteiger partial charge on any atom is 0.276 e. The molecule has 3 heterocycles. The van der Waals surface area contributed by atoms with E-state index in [2.05, 4.69) is 9.88 Å². The third-order valence-corrected chi connectivity index (χ3v) is 6.26. The molecule has 1 aromatic carbocycles. The highest BCUT2D eigenvalue weighted by Gasteiger charge is 2.28. The maximum atomic E-state index is 13.0. The molecule has 0 unspecified atom stereocenters. The van der Waals surface area contributed by atoms with Crippen molar-refractivity contribution in [3.8, 4) is 11.5 Å². The van der Waals surface area contributed by atoms with Gasteiger partial charge in [0.05, 0.1) is 11.2 Å². The topological polar surface area (TPSA) is 106 Å². The number of aromatic nitrogens is 1. The largest absolute Gasteiger partial charge is 0.461 e. The molecule has 0 radical (unpaired) electrons. The van der Waals surface area contributed by atoms with Gasteiger partial charge in [0.1, 0.15) is 5.82 Å². The highest BCUT2D eigenvalue weighted by atomic mass is 32.2. The van der Waals surface area contributed by atoms with Gasteiger partial charge in [-0.2, -0.15) is 0 Å². The van der Waals surface area contributed by atoms with Gasteiger partial charge in [-0.05, 0) is 49.2 Å². The van der Waals surface area contributed by atoms with Crippen LogP contribution in [0.3, 0.4) is 0 Å². The molecule has 8 nitrogen and oxygen atoms in total. The van der Waals surface area contributed by atoms with Crippen LogP contribution in [-0.2, 0) is 10.0 Å². The molecule has 1 aliphatic heterocycles. The summed E-state index contributed by atoms with van der Waals surface area (Å²) in [6.07, 6.45) is 2.40. The van der Waals surface area contributed by atoms with Gasteiger partial charge < -0.3 is 13.8 Å². The highest BCUT2D eigenvalue weighted by Crippen LogP contribution is 2.22. The minimum atomic E-state index is -3.75. The minimum absolute atomic E-state index is 0.00505. The summed E-state index contributed by atoms with van der Waals surface area (Å²) in [5.74, 6) is 0.0518. The van der Waals surface area contributed by atoms with Gasteiger partial charge in [0.25, 0.3) is 5.91 Å². The van der Waals surface area contributed by atoms with E-state index in [1.165, 1.54) is 24.5 Å². The minimum Gasteiger partial charge on any atom is -0.461 e. The summed E-state index contributed by atoms with van der Waals surface area (Å²) in [5, 5.41) is 3.80. The lowest BCUT2D eigenvalue weighted by Crippen LogP contribution is -2.46. The Labute approximate surface area is 166 Å². The molecular weight excluding hydrogens is 401 g/mol. The molecule has 1 N–H and O–H groups in total. The van der Waals surface area contributed by atoms with E-state index in [0.717, 1.165) is 12.1 Å². The zero-order valence-corrected chi connectivity index (χ0v) is 16.1. The molecule has 4 rings (SSSR count). The number of amides is 1. The first kappa shape index (κ1) is 19.3. The van der Waals surface area contributed by atoms with E-state index in [1.807, 2.05) is 0 Å². The lowest BCUT2D eigenvalue weighted by molar-refractivity contribution is 0.0701. The monoisotopic (exact) mass is 419 g/mol. The second kappa shape index (κ2) is 7.80. The van der Waals surface area contributed by atoms with Crippen LogP contribution in [0.4, 0.5) is 4.39 Å². The van der Waals surface area contributed by atoms with Gasteiger partial charge in [-0.1, -0.05) is 5.16 Å². The average Bonchev–Trinajstić information content (AvgIpc) is 3.40. The Bertz CT molecular complexity index is 1090. The van der Waals surface area contributed by atoms with Crippen LogP contribution < -0.4 is 4.72 Å². The van der Waals surface area contributed by atoms with E-state index in [9.17, 15) is 17.6 Å². The van der Waals surface area contributed by atoms with Crippen molar-refractivity contribution >= 4 is 15.9 Å². The van der Waals surface area contributed by atoms with Gasteiger partial charge in [0.2, 0.25) is 15.8 Å². The summed E-state index contributed by atoms with van der Waals surface area (Å²) in [7, 11) is -3.75. The SMILES string of the molecule is O=C(c1cc(-c2ccco2)on1)N1CCC(NS(=O)(=O)c2ccc(F)cc2)CC1. The normalized spacial score (nSPS) is 15.6. The molecule has 2 aromatic heterocycles. The number of benzene rings is 1. The second-order valence-corrected chi connectivity index (χ2v) is 8.41. The van der Waals surface area contributed by atoms with Gasteiger partial charge in [-0.25, -0.2) is 17.5 Å². The molecule has 0 spiro atoms. The van der Waals surface area contributed by atoms with E-state index in [1.54, 1.807) is 17.0 Å². The fraction of sp³-hybridized carbons (Fsp3) is 0.263. The third kappa shape index (κ3) is 4.22. The van der Waals surface area contributed by atoms with Crippen LogP contribution in [0.25, 0.3) is 11.5 Å². The number of likely N-dealkylation sites (tertiary alicyclic amines) is 1. The van der Waals surface area contributed by atoms with Crippen molar-refractivity contribution in [3.63, 3.8) is 0 Å². The van der Waals surface area contributed by atoms with Crippen molar-refractivity contribution in [1.29, 1.82) is 0 Å². The molecule has 3 aromatic rings. The third-order valence-electron chi connectivity index (χ3n) is 4.72. The average molecular weight is 419 g/mol. The molecule has 1 amide bonds. The van der Waals surface area contributed by atoms with Crippen LogP contribution in [0.15, 0.2) is 62.6 Å². The number of furan rings is 1. The molecule has 0 bridgehead atoms. The number of nitrogens with one attached hydrogen (secondary N) is 1. The van der Waals surface area contributed by atoms with Crippen molar-refractivity contribution < 1.29 is 26.5 Å². The first-order valence-corrected chi connectivity index (χ1v) is 10.5. The highest BCUT2D eigenvalue weighted by molar-refractivity contribution is 7.89. The van der Waals surface area contributed by atoms with E-state index < -0.39 is 15.8 Å². The predicted molar refractivity (Wildman–Crippen MR) is 99.9 cm³/mol. The van der Waals surface area contributed by atoms with E-state index in [0.29, 0.717) is 37.5 Å². The van der Waals surface area contributed by atoms with Crippen LogP contribution >= 0.6 is 0 Å². The van der Waals surface area contributed by atoms with Gasteiger partial charge in [-0.3, -0.25) is 4.79 Å². The first-order chi connectivity index (χ1) is 13.9. The number of carbonyl (C=O) groups excluding carboxylic acids is 1. The van der Waals surface area contributed by atoms with Crippen LogP contribution in [0, 0.1) is 5.82 Å². The van der Waals surface area contributed by atoms with Gasteiger partial charge in [0, 0.05) is 25.2 Å². The van der Waals surface area contributed by atoms with Gasteiger partial charge in [0.15, 0.2) is 11.5 Å². The number of nitrogens with zero attached hydrogens (tertiary/aromatic N) is 2. The smallest absolute Gasteiger partial charge is 0.276 e. The Morgan fingerprint density at radius 1 is 1.14 bits per heavy atom. The second-order valence-electron chi connectivity index (χ2n) is 6.70. The molecule has 29 heavy (non-hydrogen) atoms. The van der Waals surface area contributed by atoms with E-state index in [4.69, 9.17) is 8.94 Å². The number of rotatable bonds is 5. The maximum absolute atomic E-state index is 13.0. The number of sulfonamides is 1. The molecule has 152 valence electrons. The number of halogens is 1. The fourth-order valence-electron chi connectivity index (χ4n) is 3.17. The summed E-state index contributed by atoms with van der Waals surface area (Å²) in [4.78, 5) is 14.2. The molecule has 0 atom stereocenters. The molecular formula is C19H18FN3O5S. The Balaban J connectivity index is 1.35. The first-order valence-electron chi connectivity index (χ1n) is 9.00. The summed E-state index contributed by atoms with van der Waals surface area (Å²) >= 11 is 0. The van der Waals surface area contributed by atoms with Crippen molar-refractivity contribution in [2.75, 3.05) is 13.1 Å². The molecule has 0 saturated carbocycles. The standard InChI is InChI=1S/C19H18FN3O5S/c20-13-3-5-15(6-4-13)29(25,26)22-14-7-9-23(10-8-14)19(24)16-12-18(28-21-16)17-2-1-11-27-17/h1-6,11-12,14,22H,7-10H2. The number of piperidine rings is 1. The van der Waals surface area contributed by atoms with Crippen molar-refractivity contribution in [3.05, 3.63) is 60.2 Å². The van der Waals surface area contributed by atoms with Crippen molar-refractivity contribution in [2.24, 2.45) is 0 Å². The van der Waals surface area contributed by atoms with Crippen LogP contribution in [-0.4, -0.2) is 43.5 Å². The van der Waals surface area contributed by atoms with Gasteiger partial charge >= 0.3 is 0 Å². The molecule has 0 aliphatic carbocycles. The summed E-state index contributed by atoms with van der Waals surface area (Å²) < 4.78 is 50.8. The van der Waals surface area contributed by atoms with Crippen LogP contribution in [0.5, 0.6) is 0 Å². The zero-order valence-electron chi connectivity index (χ0n) is 15.2. The summed E-state index contributed by atoms with van der Waals surface area (Å²) in [5.41, 5.74) is 0.168. The predicted octanol–water partition coefficient (Wildman–Crippen LogP) is 2.66. The van der Waals surface area contributed by atoms with Crippen molar-refractivity contribution in [1.82, 2.24) is 14.8 Å². The van der Waals surface area contributed by atoms with Crippen LogP contribution in [0.2, 0.25) is 0 Å².